The van der Waals surface area contributed by atoms with Gasteiger partial charge in [-0.2, -0.15) is 0 Å². The van der Waals surface area contributed by atoms with Crippen LogP contribution in [0.4, 0.5) is 0 Å². The molecule has 0 atom stereocenters. The average Bonchev–Trinajstić information content (AvgIpc) is 1.95. The highest BCUT2D eigenvalue weighted by molar-refractivity contribution is 6.92. The fourth-order valence-corrected chi connectivity index (χ4v) is 6.17. The van der Waals surface area contributed by atoms with Crippen molar-refractivity contribution in [1.29, 1.82) is 0 Å². The van der Waals surface area contributed by atoms with Gasteiger partial charge in [0.2, 0.25) is 0 Å². The molecule has 0 fully saturated rings. The molecule has 1 nitrogen and oxygen atoms in total. The molecule has 0 N–H and O–H groups in total. The van der Waals surface area contributed by atoms with Crippen molar-refractivity contribution >= 4 is 22.4 Å². The van der Waals surface area contributed by atoms with E-state index in [1.165, 1.54) is 0 Å². The first-order valence-corrected chi connectivity index (χ1v) is 12.2. The predicted octanol–water partition coefficient (Wildman–Crippen LogP) is 4.04. The monoisotopic (exact) mass is 242 g/mol. The first-order valence-electron chi connectivity index (χ1n) is 5.60. The third-order valence-electron chi connectivity index (χ3n) is 3.31. The Balaban J connectivity index is 5.34. The van der Waals surface area contributed by atoms with Crippen LogP contribution >= 0.6 is 0 Å². The van der Waals surface area contributed by atoms with E-state index in [-0.39, 0.29) is 5.04 Å². The van der Waals surface area contributed by atoms with Gasteiger partial charge in [0.25, 0.3) is 0 Å². The molecule has 0 saturated heterocycles. The fourth-order valence-electron chi connectivity index (χ4n) is 1.26. The van der Waals surface area contributed by atoms with Gasteiger partial charge in [-0.15, -0.1) is 0 Å². The molecule has 88 valence electrons. The van der Waals surface area contributed by atoms with Crippen LogP contribution in [-0.4, -0.2) is 22.4 Å². The van der Waals surface area contributed by atoms with E-state index >= 15 is 0 Å². The Bertz CT molecular complexity index is 264. The van der Waals surface area contributed by atoms with E-state index in [2.05, 4.69) is 59.2 Å². The highest BCUT2D eigenvalue weighted by atomic mass is 28.3. The maximum absolute atomic E-state index is 11.3. The minimum atomic E-state index is -1.62. The van der Waals surface area contributed by atoms with Gasteiger partial charge in [-0.1, -0.05) is 59.2 Å². The standard InChI is InChI=1S/C12H26OSi2/c1-12(2,3)15(7,8)11(9-13)10-14(4,5)6/h9-10H,1-8H3/b11-10+. The summed E-state index contributed by atoms with van der Waals surface area (Å²) >= 11 is 0. The van der Waals surface area contributed by atoms with Gasteiger partial charge in [0.1, 0.15) is 6.29 Å². The lowest BCUT2D eigenvalue weighted by atomic mass is 10.2. The average molecular weight is 243 g/mol. The zero-order valence-electron chi connectivity index (χ0n) is 11.6. The van der Waals surface area contributed by atoms with Crippen LogP contribution in [0.15, 0.2) is 10.9 Å². The number of carbonyl (C=O) groups excluding carboxylic acids is 1. The van der Waals surface area contributed by atoms with E-state index in [0.29, 0.717) is 0 Å². The number of carbonyl (C=O) groups is 1. The molecule has 0 unspecified atom stereocenters. The first kappa shape index (κ1) is 14.8. The van der Waals surface area contributed by atoms with E-state index in [1.54, 1.807) is 0 Å². The summed E-state index contributed by atoms with van der Waals surface area (Å²) in [6, 6.07) is 0. The van der Waals surface area contributed by atoms with Crippen LogP contribution in [0.25, 0.3) is 0 Å². The largest absolute Gasteiger partial charge is 0.299 e. The Labute approximate surface area is 97.0 Å². The van der Waals surface area contributed by atoms with Crippen molar-refractivity contribution in [3.63, 3.8) is 0 Å². The number of aldehydes is 1. The van der Waals surface area contributed by atoms with Gasteiger partial charge >= 0.3 is 0 Å². The lowest BCUT2D eigenvalue weighted by Crippen LogP contribution is -2.41. The smallest absolute Gasteiger partial charge is 0.141 e. The Hall–Kier alpha value is -0.156. The van der Waals surface area contributed by atoms with Crippen LogP contribution in [0, 0.1) is 0 Å². The molecule has 0 aliphatic rings. The maximum atomic E-state index is 11.3. The summed E-state index contributed by atoms with van der Waals surface area (Å²) in [5.41, 5.74) is 2.29. The second kappa shape index (κ2) is 4.38. The summed E-state index contributed by atoms with van der Waals surface area (Å²) in [6.07, 6.45) is 1.11. The van der Waals surface area contributed by atoms with Crippen molar-refractivity contribution in [3.8, 4) is 0 Å². The van der Waals surface area contributed by atoms with Crippen molar-refractivity contribution in [2.45, 2.75) is 58.5 Å². The summed E-state index contributed by atoms with van der Waals surface area (Å²) in [5.74, 6) is 0. The second-order valence-electron chi connectivity index (χ2n) is 6.96. The second-order valence-corrected chi connectivity index (χ2v) is 17.3. The van der Waals surface area contributed by atoms with E-state index in [0.717, 1.165) is 11.5 Å². The highest BCUT2D eigenvalue weighted by Crippen LogP contribution is 2.40. The molecular formula is C12H26OSi2. The molecule has 0 bridgehead atoms. The fraction of sp³-hybridized carbons (Fsp3) is 0.750. The molecule has 0 aromatic carbocycles. The Morgan fingerprint density at radius 1 is 1.00 bits per heavy atom. The van der Waals surface area contributed by atoms with E-state index in [4.69, 9.17) is 0 Å². The minimum Gasteiger partial charge on any atom is -0.299 e. The van der Waals surface area contributed by atoms with Crippen molar-refractivity contribution in [1.82, 2.24) is 0 Å². The van der Waals surface area contributed by atoms with E-state index < -0.39 is 16.1 Å². The molecule has 15 heavy (non-hydrogen) atoms. The van der Waals surface area contributed by atoms with Gasteiger partial charge in [-0.3, -0.25) is 4.79 Å². The van der Waals surface area contributed by atoms with E-state index in [1.807, 2.05) is 0 Å². The Morgan fingerprint density at radius 2 is 1.40 bits per heavy atom. The zero-order valence-corrected chi connectivity index (χ0v) is 13.6. The summed E-state index contributed by atoms with van der Waals surface area (Å²) < 4.78 is 0. The molecule has 0 spiro atoms. The van der Waals surface area contributed by atoms with Crippen molar-refractivity contribution in [2.75, 3.05) is 0 Å². The van der Waals surface area contributed by atoms with Crippen LogP contribution < -0.4 is 0 Å². The van der Waals surface area contributed by atoms with Gasteiger partial charge in [0, 0.05) is 0 Å². The molecule has 3 heteroatoms. The van der Waals surface area contributed by atoms with Crippen LogP contribution in [0.5, 0.6) is 0 Å². The predicted molar refractivity (Wildman–Crippen MR) is 74.7 cm³/mol. The molecule has 0 saturated carbocycles. The number of hydrogen-bond donors (Lipinski definition) is 0. The molecule has 0 radical (unpaired) electrons. The summed E-state index contributed by atoms with van der Waals surface area (Å²) in [7, 11) is -2.90. The summed E-state index contributed by atoms with van der Waals surface area (Å²) in [6.45, 7) is 18.2. The van der Waals surface area contributed by atoms with Crippen LogP contribution in [0.1, 0.15) is 20.8 Å². The molecule has 0 heterocycles. The normalized spacial score (nSPS) is 15.3. The lowest BCUT2D eigenvalue weighted by Gasteiger charge is -2.38. The van der Waals surface area contributed by atoms with Crippen molar-refractivity contribution in [3.05, 3.63) is 10.9 Å². The maximum Gasteiger partial charge on any atom is 0.141 e. The number of hydrogen-bond acceptors (Lipinski definition) is 1. The first-order chi connectivity index (χ1) is 6.42. The molecule has 0 aromatic rings. The topological polar surface area (TPSA) is 17.1 Å². The quantitative estimate of drug-likeness (QED) is 0.415. The summed E-state index contributed by atoms with van der Waals surface area (Å²) in [4.78, 5) is 11.3. The highest BCUT2D eigenvalue weighted by Gasteiger charge is 2.38. The molecular weight excluding hydrogens is 216 g/mol. The van der Waals surface area contributed by atoms with Gasteiger partial charge in [0.05, 0.1) is 16.1 Å². The van der Waals surface area contributed by atoms with Crippen molar-refractivity contribution < 1.29 is 4.79 Å². The van der Waals surface area contributed by atoms with E-state index in [9.17, 15) is 4.79 Å². The molecule has 0 aromatic heterocycles. The van der Waals surface area contributed by atoms with Crippen LogP contribution in [-0.2, 0) is 4.79 Å². The van der Waals surface area contributed by atoms with Gasteiger partial charge < -0.3 is 0 Å². The van der Waals surface area contributed by atoms with Crippen LogP contribution in [0.2, 0.25) is 37.8 Å². The zero-order chi connectivity index (χ0) is 12.5. The van der Waals surface area contributed by atoms with Gasteiger partial charge in [0.15, 0.2) is 0 Å². The molecule has 0 aliphatic carbocycles. The Morgan fingerprint density at radius 3 is 1.60 bits per heavy atom. The molecule has 0 amide bonds. The van der Waals surface area contributed by atoms with Gasteiger partial charge in [-0.25, -0.2) is 0 Å². The van der Waals surface area contributed by atoms with Gasteiger partial charge in [-0.05, 0) is 10.2 Å². The van der Waals surface area contributed by atoms with Crippen molar-refractivity contribution in [2.24, 2.45) is 0 Å². The minimum absolute atomic E-state index is 0.249. The third-order valence-corrected chi connectivity index (χ3v) is 10.2. The molecule has 0 rings (SSSR count). The number of allylic oxidation sites excluding steroid dienone is 1. The molecule has 0 aliphatic heterocycles. The SMILES string of the molecule is CC(C)(C)[Si](C)(C)/C(C=O)=C/[Si](C)(C)C. The summed E-state index contributed by atoms with van der Waals surface area (Å²) in [5, 5.41) is 1.36. The number of rotatable bonds is 3. The Kier molecular flexibility index (Phi) is 4.33. The van der Waals surface area contributed by atoms with Crippen LogP contribution in [0.3, 0.4) is 0 Å². The third kappa shape index (κ3) is 4.07. The lowest BCUT2D eigenvalue weighted by molar-refractivity contribution is -0.104.